The molecule has 1 amide bonds. The molecule has 0 aliphatic rings. The third-order valence-electron chi connectivity index (χ3n) is 2.27. The lowest BCUT2D eigenvalue weighted by molar-refractivity contribution is 0.102. The van der Waals surface area contributed by atoms with E-state index >= 15 is 0 Å². The second-order valence-corrected chi connectivity index (χ2v) is 4.30. The minimum absolute atomic E-state index is 0.257. The lowest BCUT2D eigenvalue weighted by Crippen LogP contribution is -2.15. The predicted molar refractivity (Wildman–Crippen MR) is 73.0 cm³/mol. The molecule has 2 N–H and O–H groups in total. The van der Waals surface area contributed by atoms with Gasteiger partial charge in [-0.25, -0.2) is 0 Å². The Hall–Kier alpha value is -2.50. The summed E-state index contributed by atoms with van der Waals surface area (Å²) in [4.78, 5) is 15.7. The second kappa shape index (κ2) is 5.90. The Kier molecular flexibility index (Phi) is 4.02. The Morgan fingerprint density at radius 2 is 1.89 bits per heavy atom. The minimum Gasteiger partial charge on any atom is -0.366 e. The summed E-state index contributed by atoms with van der Waals surface area (Å²) in [6.07, 6.45) is 3.11. The van der Waals surface area contributed by atoms with Crippen molar-refractivity contribution in [1.29, 1.82) is 0 Å². The predicted octanol–water partition coefficient (Wildman–Crippen LogP) is 1.94. The van der Waals surface area contributed by atoms with Crippen molar-refractivity contribution in [3.05, 3.63) is 42.2 Å². The molecule has 0 bridgehead atoms. The van der Waals surface area contributed by atoms with Crippen molar-refractivity contribution in [1.82, 2.24) is 15.2 Å². The van der Waals surface area contributed by atoms with Crippen molar-refractivity contribution in [3.63, 3.8) is 0 Å². The number of nitrogens with zero attached hydrogens (tertiary/aromatic N) is 3. The molecule has 0 spiro atoms. The first-order valence-corrected chi connectivity index (χ1v) is 5.97. The molecular formula is C13H15N5O. The quantitative estimate of drug-likeness (QED) is 0.875. The van der Waals surface area contributed by atoms with Crippen LogP contribution in [0.25, 0.3) is 0 Å². The maximum absolute atomic E-state index is 11.8. The van der Waals surface area contributed by atoms with Gasteiger partial charge in [0.05, 0.1) is 5.56 Å². The molecule has 19 heavy (non-hydrogen) atoms. The molecule has 0 unspecified atom stereocenters. The number of nitrogens with one attached hydrogen (secondary N) is 2. The van der Waals surface area contributed by atoms with Gasteiger partial charge in [0, 0.05) is 18.4 Å². The minimum atomic E-state index is -0.257. The first-order chi connectivity index (χ1) is 9.15. The second-order valence-electron chi connectivity index (χ2n) is 4.30. The molecule has 0 atom stereocenters. The molecule has 0 aliphatic carbocycles. The number of hydrogen-bond acceptors (Lipinski definition) is 5. The monoisotopic (exact) mass is 257 g/mol. The number of pyridine rings is 1. The zero-order valence-corrected chi connectivity index (χ0v) is 10.8. The molecule has 2 heterocycles. The first-order valence-electron chi connectivity index (χ1n) is 5.97. The van der Waals surface area contributed by atoms with Crippen LogP contribution < -0.4 is 10.6 Å². The van der Waals surface area contributed by atoms with Crippen molar-refractivity contribution < 1.29 is 4.79 Å². The van der Waals surface area contributed by atoms with E-state index in [1.807, 2.05) is 13.8 Å². The summed E-state index contributed by atoms with van der Waals surface area (Å²) in [6, 6.07) is 7.14. The number of anilines is 2. The normalized spacial score (nSPS) is 10.3. The van der Waals surface area contributed by atoms with E-state index in [4.69, 9.17) is 0 Å². The molecule has 0 saturated heterocycles. The topological polar surface area (TPSA) is 79.8 Å². The van der Waals surface area contributed by atoms with Gasteiger partial charge in [-0.05, 0) is 38.1 Å². The fraction of sp³-hybridized carbons (Fsp3) is 0.231. The number of aromatic nitrogens is 3. The molecule has 0 saturated carbocycles. The summed E-state index contributed by atoms with van der Waals surface area (Å²) in [5.74, 6) is 0.824. The van der Waals surface area contributed by atoms with Gasteiger partial charge in [-0.1, -0.05) is 0 Å². The van der Waals surface area contributed by atoms with E-state index in [1.54, 1.807) is 30.5 Å². The van der Waals surface area contributed by atoms with Crippen LogP contribution in [-0.4, -0.2) is 27.1 Å². The molecule has 0 aromatic carbocycles. The van der Waals surface area contributed by atoms with E-state index in [0.717, 1.165) is 0 Å². The van der Waals surface area contributed by atoms with E-state index in [0.29, 0.717) is 17.2 Å². The SMILES string of the molecule is CC(C)Nc1ccc(NC(=O)c2cccnc2)nn1. The third-order valence-corrected chi connectivity index (χ3v) is 2.27. The summed E-state index contributed by atoms with van der Waals surface area (Å²) in [5, 5.41) is 13.7. The van der Waals surface area contributed by atoms with Gasteiger partial charge in [0.25, 0.3) is 5.91 Å². The van der Waals surface area contributed by atoms with Gasteiger partial charge in [-0.2, -0.15) is 0 Å². The summed E-state index contributed by atoms with van der Waals surface area (Å²) in [6.45, 7) is 4.03. The van der Waals surface area contributed by atoms with Crippen LogP contribution in [0, 0.1) is 0 Å². The van der Waals surface area contributed by atoms with E-state index in [2.05, 4.69) is 25.8 Å². The summed E-state index contributed by atoms with van der Waals surface area (Å²) < 4.78 is 0. The van der Waals surface area contributed by atoms with Crippen molar-refractivity contribution >= 4 is 17.5 Å². The molecule has 0 radical (unpaired) electrons. The maximum Gasteiger partial charge on any atom is 0.258 e. The zero-order valence-electron chi connectivity index (χ0n) is 10.8. The fourth-order valence-electron chi connectivity index (χ4n) is 1.46. The highest BCUT2D eigenvalue weighted by Crippen LogP contribution is 2.08. The zero-order chi connectivity index (χ0) is 13.7. The van der Waals surface area contributed by atoms with Crippen LogP contribution in [0.1, 0.15) is 24.2 Å². The molecule has 6 nitrogen and oxygen atoms in total. The van der Waals surface area contributed by atoms with E-state index < -0.39 is 0 Å². The van der Waals surface area contributed by atoms with Gasteiger partial charge in [0.1, 0.15) is 5.82 Å². The van der Waals surface area contributed by atoms with Crippen LogP contribution in [0.2, 0.25) is 0 Å². The Morgan fingerprint density at radius 3 is 2.47 bits per heavy atom. The van der Waals surface area contributed by atoms with Crippen molar-refractivity contribution in [2.75, 3.05) is 10.6 Å². The summed E-state index contributed by atoms with van der Waals surface area (Å²) >= 11 is 0. The van der Waals surface area contributed by atoms with Crippen LogP contribution in [0.3, 0.4) is 0 Å². The molecule has 6 heteroatoms. The van der Waals surface area contributed by atoms with E-state index in [9.17, 15) is 4.79 Å². The standard InChI is InChI=1S/C13H15N5O/c1-9(2)15-11-5-6-12(18-17-11)16-13(19)10-4-3-7-14-8-10/h3-9H,1-2H3,(H,15,17)(H,16,18,19). The number of carbonyl (C=O) groups is 1. The number of amides is 1. The van der Waals surface area contributed by atoms with Crippen molar-refractivity contribution in [2.45, 2.75) is 19.9 Å². The largest absolute Gasteiger partial charge is 0.366 e. The lowest BCUT2D eigenvalue weighted by atomic mass is 10.3. The van der Waals surface area contributed by atoms with Crippen LogP contribution in [0.5, 0.6) is 0 Å². The lowest BCUT2D eigenvalue weighted by Gasteiger charge is -2.08. The van der Waals surface area contributed by atoms with E-state index in [1.165, 1.54) is 6.20 Å². The third kappa shape index (κ3) is 3.74. The maximum atomic E-state index is 11.8. The Morgan fingerprint density at radius 1 is 1.16 bits per heavy atom. The van der Waals surface area contributed by atoms with Crippen LogP contribution in [0.15, 0.2) is 36.7 Å². The first kappa shape index (κ1) is 12.9. The van der Waals surface area contributed by atoms with Gasteiger partial charge < -0.3 is 10.6 Å². The summed E-state index contributed by atoms with van der Waals surface area (Å²) in [5.41, 5.74) is 0.480. The highest BCUT2D eigenvalue weighted by atomic mass is 16.1. The molecule has 2 rings (SSSR count). The smallest absolute Gasteiger partial charge is 0.258 e. The van der Waals surface area contributed by atoms with Gasteiger partial charge in [-0.3, -0.25) is 9.78 Å². The Labute approximate surface area is 111 Å². The van der Waals surface area contributed by atoms with Crippen LogP contribution >= 0.6 is 0 Å². The number of carbonyl (C=O) groups excluding carboxylic acids is 1. The van der Waals surface area contributed by atoms with E-state index in [-0.39, 0.29) is 11.9 Å². The molecule has 0 fully saturated rings. The molecule has 2 aromatic heterocycles. The average Bonchev–Trinajstić information content (AvgIpc) is 2.41. The Balaban J connectivity index is 2.02. The van der Waals surface area contributed by atoms with Crippen LogP contribution in [-0.2, 0) is 0 Å². The molecular weight excluding hydrogens is 242 g/mol. The highest BCUT2D eigenvalue weighted by Gasteiger charge is 2.07. The molecule has 98 valence electrons. The molecule has 2 aromatic rings. The number of rotatable bonds is 4. The highest BCUT2D eigenvalue weighted by molar-refractivity contribution is 6.03. The van der Waals surface area contributed by atoms with Gasteiger partial charge in [0.2, 0.25) is 0 Å². The number of hydrogen-bond donors (Lipinski definition) is 2. The Bertz CT molecular complexity index is 539. The average molecular weight is 257 g/mol. The fourth-order valence-corrected chi connectivity index (χ4v) is 1.46. The van der Waals surface area contributed by atoms with Gasteiger partial charge in [-0.15, -0.1) is 10.2 Å². The summed E-state index contributed by atoms with van der Waals surface area (Å²) in [7, 11) is 0. The van der Waals surface area contributed by atoms with Gasteiger partial charge >= 0.3 is 0 Å². The van der Waals surface area contributed by atoms with Crippen molar-refractivity contribution in [3.8, 4) is 0 Å². The molecule has 0 aliphatic heterocycles. The van der Waals surface area contributed by atoms with Crippen LogP contribution in [0.4, 0.5) is 11.6 Å². The van der Waals surface area contributed by atoms with Crippen molar-refractivity contribution in [2.24, 2.45) is 0 Å². The van der Waals surface area contributed by atoms with Gasteiger partial charge in [0.15, 0.2) is 5.82 Å².